The normalized spacial score (nSPS) is 13.3. The van der Waals surface area contributed by atoms with Crippen molar-refractivity contribution in [2.24, 2.45) is 0 Å². The second kappa shape index (κ2) is 5.24. The fourth-order valence-electron chi connectivity index (χ4n) is 0.398. The summed E-state index contributed by atoms with van der Waals surface area (Å²) >= 11 is 0. The standard InChI is InChI=1S/C5H11BF3Si.K/c1-10(2,3)5-4-6(7,8)9;/h4-5H,1-3H3;/q-1;+1. The van der Waals surface area contributed by atoms with Crippen LogP contribution in [0.15, 0.2) is 11.7 Å². The van der Waals surface area contributed by atoms with Gasteiger partial charge in [0, 0.05) is 0 Å². The van der Waals surface area contributed by atoms with Crippen LogP contribution >= 0.6 is 0 Å². The molecule has 0 aromatic heterocycles. The van der Waals surface area contributed by atoms with Crippen LogP contribution in [0.5, 0.6) is 0 Å². The minimum atomic E-state index is -4.71. The van der Waals surface area contributed by atoms with Crippen molar-refractivity contribution in [2.75, 3.05) is 0 Å². The first-order chi connectivity index (χ1) is 4.21. The van der Waals surface area contributed by atoms with Crippen molar-refractivity contribution in [3.8, 4) is 0 Å². The molecule has 60 valence electrons. The van der Waals surface area contributed by atoms with Crippen LogP contribution in [0.25, 0.3) is 0 Å². The molecule has 0 unspecified atom stereocenters. The molecular formula is C5H11BF3KSi. The molecule has 0 N–H and O–H groups in total. The quantitative estimate of drug-likeness (QED) is 0.549. The molecule has 0 saturated carbocycles. The van der Waals surface area contributed by atoms with E-state index in [1.165, 1.54) is 5.70 Å². The second-order valence-corrected chi connectivity index (χ2v) is 8.42. The van der Waals surface area contributed by atoms with Gasteiger partial charge < -0.3 is 12.9 Å². The Bertz CT molecular complexity index is 122. The Morgan fingerprint density at radius 1 is 1.09 bits per heavy atom. The van der Waals surface area contributed by atoms with Crippen molar-refractivity contribution in [1.82, 2.24) is 0 Å². The molecule has 0 aliphatic carbocycles. The summed E-state index contributed by atoms with van der Waals surface area (Å²) in [6, 6.07) is 0. The predicted molar refractivity (Wildman–Crippen MR) is 41.6 cm³/mol. The Morgan fingerprint density at radius 3 is 1.55 bits per heavy atom. The fourth-order valence-corrected chi connectivity index (χ4v) is 1.19. The van der Waals surface area contributed by atoms with Gasteiger partial charge in [0.15, 0.2) is 0 Å². The van der Waals surface area contributed by atoms with E-state index in [-0.39, 0.29) is 51.4 Å². The molecule has 0 atom stereocenters. The second-order valence-electron chi connectivity index (χ2n) is 3.35. The molecule has 0 saturated heterocycles. The molecular weight excluding hydrogens is 195 g/mol. The van der Waals surface area contributed by atoms with Crippen LogP contribution in [-0.2, 0) is 0 Å². The third-order valence-corrected chi connectivity index (χ3v) is 2.01. The van der Waals surface area contributed by atoms with Crippen LogP contribution in [0.2, 0.25) is 19.6 Å². The summed E-state index contributed by atoms with van der Waals surface area (Å²) in [5.74, 6) is 0.395. The zero-order valence-corrected chi connectivity index (χ0v) is 11.5. The average Bonchev–Trinajstić information content (AvgIpc) is 1.57. The van der Waals surface area contributed by atoms with E-state index in [0.29, 0.717) is 5.98 Å². The molecule has 0 fully saturated rings. The van der Waals surface area contributed by atoms with E-state index < -0.39 is 15.1 Å². The van der Waals surface area contributed by atoms with Gasteiger partial charge in [-0.25, -0.2) is 0 Å². The van der Waals surface area contributed by atoms with Crippen LogP contribution in [0.1, 0.15) is 0 Å². The molecule has 0 aromatic carbocycles. The summed E-state index contributed by atoms with van der Waals surface area (Å²) in [6.07, 6.45) is 0. The van der Waals surface area contributed by atoms with Crippen LogP contribution in [0.4, 0.5) is 12.9 Å². The predicted octanol–water partition coefficient (Wildman–Crippen LogP) is -0.189. The van der Waals surface area contributed by atoms with Crippen molar-refractivity contribution >= 4 is 15.1 Å². The molecule has 6 heteroatoms. The van der Waals surface area contributed by atoms with Gasteiger partial charge in [0.05, 0.1) is 8.07 Å². The Hall–Kier alpha value is 1.45. The van der Waals surface area contributed by atoms with Gasteiger partial charge in [0.2, 0.25) is 0 Å². The molecule has 11 heavy (non-hydrogen) atoms. The minimum absolute atomic E-state index is 0. The zero-order chi connectivity index (χ0) is 8.41. The van der Waals surface area contributed by atoms with E-state index in [0.717, 1.165) is 0 Å². The third kappa shape index (κ3) is 14.3. The van der Waals surface area contributed by atoms with Gasteiger partial charge in [-0.15, -0.1) is 5.70 Å². The largest absolute Gasteiger partial charge is 1.00 e. The van der Waals surface area contributed by atoms with E-state index >= 15 is 0 Å². The van der Waals surface area contributed by atoms with Crippen LogP contribution in [0, 0.1) is 0 Å². The molecule has 0 radical (unpaired) electrons. The number of halogens is 3. The van der Waals surface area contributed by atoms with Gasteiger partial charge in [-0.3, -0.25) is 0 Å². The molecule has 0 bridgehead atoms. The Balaban J connectivity index is 0. The van der Waals surface area contributed by atoms with Gasteiger partial charge in [-0.05, 0) is 0 Å². The first-order valence-corrected chi connectivity index (χ1v) is 6.69. The summed E-state index contributed by atoms with van der Waals surface area (Å²) in [7, 11) is -1.65. The Labute approximate surface area is 109 Å². The van der Waals surface area contributed by atoms with Gasteiger partial charge in [-0.2, -0.15) is 5.98 Å². The molecule has 0 nitrogen and oxygen atoms in total. The first kappa shape index (κ1) is 14.9. The van der Waals surface area contributed by atoms with E-state index in [1.807, 2.05) is 19.6 Å². The third-order valence-electron chi connectivity index (χ3n) is 0.814. The molecule has 0 aliphatic heterocycles. The molecule has 0 aliphatic rings. The van der Waals surface area contributed by atoms with E-state index in [2.05, 4.69) is 0 Å². The maximum Gasteiger partial charge on any atom is 1.00 e. The van der Waals surface area contributed by atoms with Crippen LogP contribution in [-0.4, -0.2) is 15.1 Å². The van der Waals surface area contributed by atoms with E-state index in [9.17, 15) is 12.9 Å². The number of hydrogen-bond donors (Lipinski definition) is 0. The Morgan fingerprint density at radius 2 is 1.45 bits per heavy atom. The van der Waals surface area contributed by atoms with Crippen LogP contribution in [0.3, 0.4) is 0 Å². The summed E-state index contributed by atoms with van der Waals surface area (Å²) < 4.78 is 34.8. The molecule has 0 rings (SSSR count). The zero-order valence-electron chi connectivity index (χ0n) is 7.37. The van der Waals surface area contributed by atoms with Gasteiger partial charge in [0.1, 0.15) is 0 Å². The van der Waals surface area contributed by atoms with Crippen molar-refractivity contribution in [3.05, 3.63) is 11.7 Å². The fraction of sp³-hybridized carbons (Fsp3) is 0.600. The number of hydrogen-bond acceptors (Lipinski definition) is 0. The smallest absolute Gasteiger partial charge is 0.445 e. The summed E-state index contributed by atoms with van der Waals surface area (Å²) in [4.78, 5) is 0. The Kier molecular flexibility index (Phi) is 7.11. The first-order valence-electron chi connectivity index (χ1n) is 3.11. The van der Waals surface area contributed by atoms with Crippen LogP contribution < -0.4 is 51.4 Å². The van der Waals surface area contributed by atoms with Gasteiger partial charge in [-0.1, -0.05) is 19.6 Å². The van der Waals surface area contributed by atoms with Crippen molar-refractivity contribution in [2.45, 2.75) is 19.6 Å². The maximum atomic E-state index is 11.6. The number of rotatable bonds is 2. The summed E-state index contributed by atoms with van der Waals surface area (Å²) in [6.45, 7) is 0.887. The summed E-state index contributed by atoms with van der Waals surface area (Å²) in [5, 5.41) is 0. The van der Waals surface area contributed by atoms with E-state index in [1.54, 1.807) is 0 Å². The maximum absolute atomic E-state index is 11.6. The van der Waals surface area contributed by atoms with Crippen molar-refractivity contribution < 1.29 is 64.3 Å². The monoisotopic (exact) mass is 206 g/mol. The van der Waals surface area contributed by atoms with Crippen molar-refractivity contribution in [3.63, 3.8) is 0 Å². The molecule has 0 spiro atoms. The molecule has 0 amide bonds. The van der Waals surface area contributed by atoms with Gasteiger partial charge in [0.25, 0.3) is 0 Å². The average molecular weight is 206 g/mol. The van der Waals surface area contributed by atoms with Gasteiger partial charge >= 0.3 is 58.4 Å². The van der Waals surface area contributed by atoms with Crippen molar-refractivity contribution in [1.29, 1.82) is 0 Å². The summed E-state index contributed by atoms with van der Waals surface area (Å²) in [5.41, 5.74) is 1.31. The molecule has 0 heterocycles. The van der Waals surface area contributed by atoms with E-state index in [4.69, 9.17) is 0 Å². The topological polar surface area (TPSA) is 0 Å². The minimum Gasteiger partial charge on any atom is -0.445 e. The molecule has 0 aromatic rings. The SMILES string of the molecule is C[Si](C)(C)C=C[B-](F)(F)F.[K+].